The molecule has 31 heavy (non-hydrogen) atoms. The van der Waals surface area contributed by atoms with Crippen LogP contribution < -0.4 is 0 Å². The van der Waals surface area contributed by atoms with Crippen molar-refractivity contribution in [3.8, 4) is 0 Å². The van der Waals surface area contributed by atoms with Gasteiger partial charge in [0.2, 0.25) is 0 Å². The number of rotatable bonds is 3. The monoisotopic (exact) mass is 683 g/mol. The molecule has 2 radical (unpaired) electrons. The number of hydrogen-bond donors (Lipinski definition) is 0. The van der Waals surface area contributed by atoms with Crippen LogP contribution in [0.25, 0.3) is 0 Å². The van der Waals surface area contributed by atoms with Gasteiger partial charge in [0.25, 0.3) is 0 Å². The molecule has 0 unspecified atom stereocenters. The summed E-state index contributed by atoms with van der Waals surface area (Å²) in [6.45, 7) is 0. The molecule has 0 aliphatic carbocycles. The zero-order valence-electron chi connectivity index (χ0n) is 15.1. The van der Waals surface area contributed by atoms with E-state index in [0.29, 0.717) is 0 Å². The smallest absolute Gasteiger partial charge is 0.743 e. The molecule has 16 heteroatoms. The van der Waals surface area contributed by atoms with Gasteiger partial charge < -0.3 is 13.7 Å². The minimum Gasteiger partial charge on any atom is -0.743 e. The van der Waals surface area contributed by atoms with Gasteiger partial charge in [-0.15, -0.1) is 0 Å². The van der Waals surface area contributed by atoms with Gasteiger partial charge in [-0.25, -0.2) is 40.2 Å². The van der Waals surface area contributed by atoms with Crippen LogP contribution in [-0.2, 0) is 30.4 Å². The van der Waals surface area contributed by atoms with Crippen LogP contribution in [0.4, 0.5) is 0 Å². The Morgan fingerprint density at radius 1 is 0.484 bits per heavy atom. The van der Waals surface area contributed by atoms with Crippen LogP contribution in [0.15, 0.2) is 88.3 Å². The van der Waals surface area contributed by atoms with Crippen molar-refractivity contribution in [2.24, 2.45) is 0 Å². The Morgan fingerprint density at radius 2 is 0.710 bits per heavy atom. The van der Waals surface area contributed by atoms with E-state index >= 15 is 0 Å². The Balaban J connectivity index is 0.000000429. The third-order valence-electron chi connectivity index (χ3n) is 2.68. The molecule has 3 aromatic rings. The van der Waals surface area contributed by atoms with E-state index in [4.69, 9.17) is 0 Å². The zero-order chi connectivity index (χ0) is 22.8. The van der Waals surface area contributed by atoms with E-state index in [1.807, 2.05) is 0 Å². The van der Waals surface area contributed by atoms with Crippen LogP contribution in [0.5, 0.6) is 0 Å². The summed E-state index contributed by atoms with van der Waals surface area (Å²) in [6.07, 6.45) is 3.76. The van der Waals surface area contributed by atoms with Gasteiger partial charge in [0, 0.05) is 18.6 Å². The zero-order valence-corrected chi connectivity index (χ0v) is 21.0. The van der Waals surface area contributed by atoms with Crippen molar-refractivity contribution in [3.63, 3.8) is 0 Å². The van der Waals surface area contributed by atoms with Gasteiger partial charge in [-0.3, -0.25) is 0 Å². The Labute approximate surface area is 197 Å². The standard InChI is InChI=1S/3C5H5NO3S.Bi/c3*7-10(8,9)5-3-1-2-4-6-5;/h3*1-4H,(H,7,8,9);/q;;;+3/p-3. The van der Waals surface area contributed by atoms with E-state index in [1.54, 1.807) is 0 Å². The maximum atomic E-state index is 10.2. The van der Waals surface area contributed by atoms with Gasteiger partial charge in [0.1, 0.15) is 45.4 Å². The molecule has 0 aliphatic rings. The number of pyridine rings is 3. The van der Waals surface area contributed by atoms with Crippen molar-refractivity contribution in [3.05, 3.63) is 73.2 Å². The first kappa shape index (κ1) is 29.1. The van der Waals surface area contributed by atoms with Crippen molar-refractivity contribution < 1.29 is 38.9 Å². The largest absolute Gasteiger partial charge is 3.00 e. The molecule has 0 atom stereocenters. The second-order valence-electron chi connectivity index (χ2n) is 4.87. The minimum atomic E-state index is -4.36. The molecule has 0 saturated carbocycles. The summed E-state index contributed by atoms with van der Waals surface area (Å²) in [4.78, 5) is 10.0. The molecule has 164 valence electrons. The minimum absolute atomic E-state index is 0. The Morgan fingerprint density at radius 3 is 0.806 bits per heavy atom. The third-order valence-corrected chi connectivity index (χ3v) is 4.94. The van der Waals surface area contributed by atoms with Gasteiger partial charge >= 0.3 is 26.2 Å². The first-order chi connectivity index (χ1) is 13.8. The summed E-state index contributed by atoms with van der Waals surface area (Å²) < 4.78 is 91.9. The maximum absolute atomic E-state index is 10.2. The molecule has 3 aromatic heterocycles. The Bertz CT molecular complexity index is 1080. The van der Waals surface area contributed by atoms with Crippen LogP contribution in [-0.4, -0.2) is 80.1 Å². The molecule has 12 nitrogen and oxygen atoms in total. The molecule has 0 amide bonds. The van der Waals surface area contributed by atoms with Crippen LogP contribution >= 0.6 is 0 Å². The SMILES string of the molecule is O=S(=O)([O-])c1ccccn1.O=S(=O)([O-])c1ccccn1.O=S(=O)([O-])c1ccccn1.[Bi+3]. The molecule has 0 spiro atoms. The van der Waals surface area contributed by atoms with E-state index in [1.165, 1.54) is 55.0 Å². The Hall–Kier alpha value is -1.94. The average molecular weight is 683 g/mol. The van der Waals surface area contributed by atoms with Gasteiger partial charge in [0.05, 0.1) is 0 Å². The quantitative estimate of drug-likeness (QED) is 0.255. The summed E-state index contributed by atoms with van der Waals surface area (Å²) in [5.74, 6) is 0. The molecular weight excluding hydrogens is 671 g/mol. The molecular formula is C15H12BiN3O9S3. The molecule has 3 heterocycles. The molecule has 3 rings (SSSR count). The molecule has 0 saturated heterocycles. The molecule has 0 aromatic carbocycles. The van der Waals surface area contributed by atoms with Crippen LogP contribution in [0, 0.1) is 0 Å². The number of hydrogen-bond acceptors (Lipinski definition) is 12. The predicted molar refractivity (Wildman–Crippen MR) is 102 cm³/mol. The molecule has 0 bridgehead atoms. The van der Waals surface area contributed by atoms with Crippen molar-refractivity contribution in [2.45, 2.75) is 15.1 Å². The first-order valence-electron chi connectivity index (χ1n) is 7.42. The summed E-state index contributed by atoms with van der Waals surface area (Å²) >= 11 is 0. The normalized spacial score (nSPS) is 10.9. The predicted octanol–water partition coefficient (Wildman–Crippen LogP) is -0.424. The van der Waals surface area contributed by atoms with Gasteiger partial charge in [-0.05, 0) is 36.4 Å². The van der Waals surface area contributed by atoms with Crippen LogP contribution in [0.3, 0.4) is 0 Å². The summed E-state index contributed by atoms with van der Waals surface area (Å²) in [5, 5.41) is -1.31. The summed E-state index contributed by atoms with van der Waals surface area (Å²) in [5.41, 5.74) is 0. The van der Waals surface area contributed by atoms with Crippen molar-refractivity contribution in [2.75, 3.05) is 0 Å². The number of nitrogens with zero attached hydrogens (tertiary/aromatic N) is 3. The fourth-order valence-corrected chi connectivity index (χ4v) is 2.79. The first-order valence-corrected chi connectivity index (χ1v) is 11.6. The van der Waals surface area contributed by atoms with Gasteiger partial charge in [-0.2, -0.15) is 0 Å². The molecule has 0 fully saturated rings. The van der Waals surface area contributed by atoms with Crippen LogP contribution in [0.1, 0.15) is 0 Å². The summed E-state index contributed by atoms with van der Waals surface area (Å²) in [7, 11) is -13.1. The fourth-order valence-electron chi connectivity index (χ4n) is 1.48. The van der Waals surface area contributed by atoms with Gasteiger partial charge in [0.15, 0.2) is 0 Å². The van der Waals surface area contributed by atoms with Crippen molar-refractivity contribution in [1.29, 1.82) is 0 Å². The van der Waals surface area contributed by atoms with Crippen LogP contribution in [0.2, 0.25) is 0 Å². The van der Waals surface area contributed by atoms with E-state index in [-0.39, 0.29) is 26.2 Å². The number of aromatic nitrogens is 3. The van der Waals surface area contributed by atoms with Crippen molar-refractivity contribution in [1.82, 2.24) is 15.0 Å². The van der Waals surface area contributed by atoms with Crippen molar-refractivity contribution >= 4 is 56.6 Å². The van der Waals surface area contributed by atoms with Gasteiger partial charge in [-0.1, -0.05) is 18.2 Å². The molecule has 0 N–H and O–H groups in total. The summed E-state index contributed by atoms with van der Waals surface area (Å²) in [6, 6.07) is 12.4. The van der Waals surface area contributed by atoms with E-state index in [2.05, 4.69) is 15.0 Å². The second kappa shape index (κ2) is 12.8. The van der Waals surface area contributed by atoms with E-state index < -0.39 is 45.4 Å². The third kappa shape index (κ3) is 11.9. The Kier molecular flexibility index (Phi) is 12.0. The molecule has 0 aliphatic heterocycles. The van der Waals surface area contributed by atoms with E-state index in [9.17, 15) is 38.9 Å². The average Bonchev–Trinajstić information content (AvgIpc) is 2.69. The van der Waals surface area contributed by atoms with E-state index in [0.717, 1.165) is 18.2 Å². The fraction of sp³-hybridized carbons (Fsp3) is 0. The topological polar surface area (TPSA) is 210 Å². The maximum Gasteiger partial charge on any atom is 3.00 e. The second-order valence-corrected chi connectivity index (χ2v) is 8.85.